The number of aliphatic imine (C=N–C) groups is 1. The number of hydrogen-bond donors (Lipinski definition) is 2. The molecular weight excluding hydrogens is 332 g/mol. The van der Waals surface area contributed by atoms with Crippen LogP contribution in [-0.4, -0.2) is 16.2 Å². The van der Waals surface area contributed by atoms with Crippen molar-refractivity contribution in [2.45, 2.75) is 26.2 Å². The smallest absolute Gasteiger partial charge is 0.264 e. The van der Waals surface area contributed by atoms with Gasteiger partial charge in [0.2, 0.25) is 0 Å². The van der Waals surface area contributed by atoms with E-state index in [-0.39, 0.29) is 11.7 Å². The monoisotopic (exact) mass is 352 g/mol. The maximum Gasteiger partial charge on any atom is 0.264 e. The van der Waals surface area contributed by atoms with Crippen LogP contribution in [0.15, 0.2) is 58.4 Å². The minimum absolute atomic E-state index is 0.156. The lowest BCUT2D eigenvalue weighted by atomic mass is 10.1. The number of unbranched alkanes of at least 4 members (excludes halogenated alkanes) is 1. The van der Waals surface area contributed by atoms with Crippen LogP contribution in [0.2, 0.25) is 0 Å². The van der Waals surface area contributed by atoms with Crippen LogP contribution in [0.5, 0.6) is 5.75 Å². The van der Waals surface area contributed by atoms with Crippen molar-refractivity contribution >= 4 is 34.6 Å². The number of amidine groups is 1. The number of benzene rings is 2. The van der Waals surface area contributed by atoms with E-state index in [9.17, 15) is 9.90 Å². The van der Waals surface area contributed by atoms with Gasteiger partial charge in [-0.05, 0) is 66.1 Å². The van der Waals surface area contributed by atoms with Crippen LogP contribution in [0.3, 0.4) is 0 Å². The molecule has 0 unspecified atom stereocenters. The van der Waals surface area contributed by atoms with Gasteiger partial charge in [0.25, 0.3) is 5.91 Å². The zero-order valence-electron chi connectivity index (χ0n) is 14.0. The predicted octanol–water partition coefficient (Wildman–Crippen LogP) is 4.63. The van der Waals surface area contributed by atoms with Gasteiger partial charge < -0.3 is 10.4 Å². The van der Waals surface area contributed by atoms with Crippen LogP contribution in [0, 0.1) is 0 Å². The number of rotatable bonds is 5. The summed E-state index contributed by atoms with van der Waals surface area (Å²) in [6, 6.07) is 14.9. The number of carbonyl (C=O) groups is 1. The number of aromatic hydroxyl groups is 1. The quantitative estimate of drug-likeness (QED) is 0.772. The molecule has 5 heteroatoms. The molecule has 4 nitrogen and oxygen atoms in total. The molecule has 0 atom stereocenters. The van der Waals surface area contributed by atoms with Crippen molar-refractivity contribution in [3.05, 3.63) is 64.6 Å². The van der Waals surface area contributed by atoms with E-state index in [1.165, 1.54) is 30.2 Å². The molecule has 25 heavy (non-hydrogen) atoms. The lowest BCUT2D eigenvalue weighted by Crippen LogP contribution is -2.19. The SMILES string of the molecule is CCCCc1ccc(N=C2NC(=O)C(=Cc3ccc(O)cc3)S2)cc1. The van der Waals surface area contributed by atoms with E-state index >= 15 is 0 Å². The maximum absolute atomic E-state index is 12.1. The molecule has 2 aromatic rings. The minimum atomic E-state index is -0.156. The first kappa shape index (κ1) is 17.3. The van der Waals surface area contributed by atoms with Gasteiger partial charge >= 0.3 is 0 Å². The highest BCUT2D eigenvalue weighted by Crippen LogP contribution is 2.28. The average Bonchev–Trinajstić information content (AvgIpc) is 2.95. The summed E-state index contributed by atoms with van der Waals surface area (Å²) in [6.45, 7) is 2.18. The third kappa shape index (κ3) is 4.73. The number of nitrogens with one attached hydrogen (secondary N) is 1. The summed E-state index contributed by atoms with van der Waals surface area (Å²) in [7, 11) is 0. The van der Waals surface area contributed by atoms with Crippen molar-refractivity contribution in [3.63, 3.8) is 0 Å². The molecule has 0 bridgehead atoms. The molecule has 1 aliphatic heterocycles. The van der Waals surface area contributed by atoms with Crippen molar-refractivity contribution in [1.29, 1.82) is 0 Å². The summed E-state index contributed by atoms with van der Waals surface area (Å²) >= 11 is 1.32. The van der Waals surface area contributed by atoms with Gasteiger partial charge in [-0.2, -0.15) is 0 Å². The van der Waals surface area contributed by atoms with E-state index in [4.69, 9.17) is 0 Å². The van der Waals surface area contributed by atoms with Gasteiger partial charge in [0.15, 0.2) is 5.17 Å². The molecule has 1 fully saturated rings. The topological polar surface area (TPSA) is 61.7 Å². The second-order valence-corrected chi connectivity index (χ2v) is 6.87. The number of nitrogens with zero attached hydrogens (tertiary/aromatic N) is 1. The van der Waals surface area contributed by atoms with E-state index in [0.29, 0.717) is 10.1 Å². The van der Waals surface area contributed by atoms with Crippen molar-refractivity contribution in [2.75, 3.05) is 0 Å². The van der Waals surface area contributed by atoms with Crippen LogP contribution in [0.4, 0.5) is 5.69 Å². The first-order valence-corrected chi connectivity index (χ1v) is 9.13. The second-order valence-electron chi connectivity index (χ2n) is 5.84. The lowest BCUT2D eigenvalue weighted by Gasteiger charge is -2.01. The van der Waals surface area contributed by atoms with Crippen molar-refractivity contribution in [3.8, 4) is 5.75 Å². The molecule has 1 heterocycles. The van der Waals surface area contributed by atoms with Gasteiger partial charge in [0.05, 0.1) is 10.6 Å². The molecule has 2 N–H and O–H groups in total. The van der Waals surface area contributed by atoms with Gasteiger partial charge in [-0.25, -0.2) is 4.99 Å². The first-order valence-electron chi connectivity index (χ1n) is 8.31. The van der Waals surface area contributed by atoms with Crippen LogP contribution in [-0.2, 0) is 11.2 Å². The number of phenolic OH excluding ortho intramolecular Hbond substituents is 1. The molecule has 0 aromatic heterocycles. The summed E-state index contributed by atoms with van der Waals surface area (Å²) in [5.41, 5.74) is 2.99. The number of carbonyl (C=O) groups excluding carboxylic acids is 1. The molecule has 1 aliphatic rings. The van der Waals surface area contributed by atoms with E-state index in [2.05, 4.69) is 29.4 Å². The van der Waals surface area contributed by atoms with Crippen molar-refractivity contribution < 1.29 is 9.90 Å². The molecule has 128 valence electrons. The van der Waals surface area contributed by atoms with Crippen LogP contribution < -0.4 is 5.32 Å². The molecule has 0 aliphatic carbocycles. The maximum atomic E-state index is 12.1. The molecule has 0 spiro atoms. The zero-order chi connectivity index (χ0) is 17.6. The first-order chi connectivity index (χ1) is 12.1. The highest BCUT2D eigenvalue weighted by molar-refractivity contribution is 8.18. The summed E-state index contributed by atoms with van der Waals surface area (Å²) in [6.07, 6.45) is 5.24. The Morgan fingerprint density at radius 3 is 2.52 bits per heavy atom. The van der Waals surface area contributed by atoms with Crippen LogP contribution in [0.25, 0.3) is 6.08 Å². The van der Waals surface area contributed by atoms with E-state index < -0.39 is 0 Å². The van der Waals surface area contributed by atoms with E-state index in [1.54, 1.807) is 30.3 Å². The number of amides is 1. The van der Waals surface area contributed by atoms with Crippen molar-refractivity contribution in [1.82, 2.24) is 5.32 Å². The van der Waals surface area contributed by atoms with Gasteiger partial charge in [-0.1, -0.05) is 37.6 Å². The number of aryl methyl sites for hydroxylation is 1. The average molecular weight is 352 g/mol. The predicted molar refractivity (Wildman–Crippen MR) is 104 cm³/mol. The fourth-order valence-corrected chi connectivity index (χ4v) is 3.28. The largest absolute Gasteiger partial charge is 0.508 e. The third-order valence-corrected chi connectivity index (χ3v) is 4.74. The Balaban J connectivity index is 1.71. The Bertz CT molecular complexity index is 809. The molecule has 3 rings (SSSR count). The number of hydrogen-bond acceptors (Lipinski definition) is 4. The third-order valence-electron chi connectivity index (χ3n) is 3.83. The number of phenols is 1. The molecule has 2 aromatic carbocycles. The molecule has 1 saturated heterocycles. The standard InChI is InChI=1S/C20H20N2O2S/c1-2-3-4-14-5-9-16(10-6-14)21-20-22-19(24)18(25-20)13-15-7-11-17(23)12-8-15/h5-13,23H,2-4H2,1H3,(H,21,22,24). The lowest BCUT2D eigenvalue weighted by molar-refractivity contribution is -0.115. The van der Waals surface area contributed by atoms with Gasteiger partial charge in [-0.3, -0.25) is 4.79 Å². The Morgan fingerprint density at radius 1 is 1.12 bits per heavy atom. The Morgan fingerprint density at radius 2 is 1.84 bits per heavy atom. The highest BCUT2D eigenvalue weighted by atomic mass is 32.2. The van der Waals surface area contributed by atoms with Gasteiger partial charge in [-0.15, -0.1) is 0 Å². The highest BCUT2D eigenvalue weighted by Gasteiger charge is 2.23. The molecule has 0 radical (unpaired) electrons. The summed E-state index contributed by atoms with van der Waals surface area (Å²) < 4.78 is 0. The van der Waals surface area contributed by atoms with E-state index in [1.807, 2.05) is 12.1 Å². The Kier molecular flexibility index (Phi) is 5.56. The van der Waals surface area contributed by atoms with Crippen molar-refractivity contribution in [2.24, 2.45) is 4.99 Å². The normalized spacial score (nSPS) is 17.2. The second kappa shape index (κ2) is 8.03. The Hall–Kier alpha value is -2.53. The summed E-state index contributed by atoms with van der Waals surface area (Å²) in [5.74, 6) is 0.0479. The van der Waals surface area contributed by atoms with Crippen LogP contribution >= 0.6 is 11.8 Å². The minimum Gasteiger partial charge on any atom is -0.508 e. The number of thioether (sulfide) groups is 1. The summed E-state index contributed by atoms with van der Waals surface area (Å²) in [4.78, 5) is 17.2. The van der Waals surface area contributed by atoms with E-state index in [0.717, 1.165) is 17.7 Å². The fourth-order valence-electron chi connectivity index (χ4n) is 2.44. The van der Waals surface area contributed by atoms with Gasteiger partial charge in [0.1, 0.15) is 5.75 Å². The zero-order valence-corrected chi connectivity index (χ0v) is 14.8. The molecule has 0 saturated carbocycles. The molecular formula is C20H20N2O2S. The Labute approximate surface area is 151 Å². The molecule has 1 amide bonds. The fraction of sp³-hybridized carbons (Fsp3) is 0.200. The summed E-state index contributed by atoms with van der Waals surface area (Å²) in [5, 5.41) is 12.7. The van der Waals surface area contributed by atoms with Gasteiger partial charge in [0, 0.05) is 0 Å². The van der Waals surface area contributed by atoms with Crippen LogP contribution in [0.1, 0.15) is 30.9 Å².